The molecule has 2 amide bonds. The Bertz CT molecular complexity index is 691. The summed E-state index contributed by atoms with van der Waals surface area (Å²) in [4.78, 5) is 25.0. The largest absolute Gasteiger partial charge is 0.347 e. The van der Waals surface area contributed by atoms with Gasteiger partial charge in [-0.3, -0.25) is 9.59 Å². The average molecular weight is 348 g/mol. The van der Waals surface area contributed by atoms with E-state index in [4.69, 9.17) is 0 Å². The number of benzene rings is 1. The zero-order valence-electron chi connectivity index (χ0n) is 13.9. The van der Waals surface area contributed by atoms with Crippen LogP contribution in [0.25, 0.3) is 0 Å². The maximum absolute atomic E-state index is 13.1. The molecule has 0 unspecified atom stereocenters. The van der Waals surface area contributed by atoms with Crippen molar-refractivity contribution in [1.29, 1.82) is 0 Å². The molecule has 0 aliphatic carbocycles. The first-order valence-corrected chi connectivity index (χ1v) is 8.52. The van der Waals surface area contributed by atoms with Gasteiger partial charge >= 0.3 is 0 Å². The summed E-state index contributed by atoms with van der Waals surface area (Å²) < 4.78 is 13.1. The van der Waals surface area contributed by atoms with E-state index in [9.17, 15) is 14.0 Å². The fourth-order valence-corrected chi connectivity index (χ4v) is 2.87. The molecule has 0 aliphatic heterocycles. The topological polar surface area (TPSA) is 58.2 Å². The van der Waals surface area contributed by atoms with Crippen LogP contribution in [0.15, 0.2) is 41.8 Å². The highest BCUT2D eigenvalue weighted by molar-refractivity contribution is 7.10. The summed E-state index contributed by atoms with van der Waals surface area (Å²) in [6, 6.07) is 9.45. The fraction of sp³-hybridized carbons (Fsp3) is 0.333. The van der Waals surface area contributed by atoms with E-state index < -0.39 is 5.41 Å². The van der Waals surface area contributed by atoms with Crippen molar-refractivity contribution in [3.8, 4) is 0 Å². The quantitative estimate of drug-likeness (QED) is 0.871. The molecule has 1 atom stereocenters. The molecule has 128 valence electrons. The molecule has 0 spiro atoms. The molecular weight excluding hydrogens is 327 g/mol. The zero-order chi connectivity index (χ0) is 17.7. The molecule has 6 heteroatoms. The second-order valence-electron chi connectivity index (χ2n) is 6.50. The summed E-state index contributed by atoms with van der Waals surface area (Å²) >= 11 is 1.50. The molecule has 1 heterocycles. The van der Waals surface area contributed by atoms with Gasteiger partial charge in [-0.05, 0) is 29.1 Å². The van der Waals surface area contributed by atoms with E-state index >= 15 is 0 Å². The Morgan fingerprint density at radius 1 is 1.17 bits per heavy atom. The van der Waals surface area contributed by atoms with Crippen LogP contribution in [0.3, 0.4) is 0 Å². The number of hydrogen-bond donors (Lipinski definition) is 2. The van der Waals surface area contributed by atoms with Crippen LogP contribution in [0, 0.1) is 11.2 Å². The predicted molar refractivity (Wildman–Crippen MR) is 93.2 cm³/mol. The van der Waals surface area contributed by atoms with Gasteiger partial charge in [0.25, 0.3) is 0 Å². The van der Waals surface area contributed by atoms with Gasteiger partial charge in [0.15, 0.2) is 0 Å². The second-order valence-corrected chi connectivity index (χ2v) is 7.48. The third-order valence-corrected chi connectivity index (χ3v) is 4.36. The second kappa shape index (κ2) is 7.57. The number of halogens is 1. The minimum absolute atomic E-state index is 0.0980. The summed E-state index contributed by atoms with van der Waals surface area (Å²) in [7, 11) is 0. The van der Waals surface area contributed by atoms with Gasteiger partial charge in [-0.15, -0.1) is 11.3 Å². The number of nitrogens with one attached hydrogen (secondary N) is 2. The van der Waals surface area contributed by atoms with Crippen molar-refractivity contribution >= 4 is 23.2 Å². The molecule has 2 rings (SSSR count). The van der Waals surface area contributed by atoms with E-state index in [1.165, 1.54) is 23.5 Å². The number of hydrogen-bond acceptors (Lipinski definition) is 3. The van der Waals surface area contributed by atoms with Crippen LogP contribution in [-0.4, -0.2) is 18.4 Å². The van der Waals surface area contributed by atoms with E-state index in [1.807, 2.05) is 17.5 Å². The number of thiophene rings is 1. The highest BCUT2D eigenvalue weighted by Gasteiger charge is 2.23. The van der Waals surface area contributed by atoms with Gasteiger partial charge in [0, 0.05) is 10.3 Å². The van der Waals surface area contributed by atoms with Gasteiger partial charge in [-0.25, -0.2) is 4.39 Å². The minimum Gasteiger partial charge on any atom is -0.347 e. The molecule has 0 radical (unpaired) electrons. The molecule has 1 aromatic carbocycles. The first kappa shape index (κ1) is 18.1. The lowest BCUT2D eigenvalue weighted by atomic mass is 9.96. The molecule has 1 aromatic heterocycles. The van der Waals surface area contributed by atoms with Crippen molar-refractivity contribution in [3.63, 3.8) is 0 Å². The average Bonchev–Trinajstić information content (AvgIpc) is 3.04. The predicted octanol–water partition coefficient (Wildman–Crippen LogP) is 3.26. The van der Waals surface area contributed by atoms with Gasteiger partial charge in [0.2, 0.25) is 11.8 Å². The first-order valence-electron chi connectivity index (χ1n) is 7.64. The molecule has 0 aliphatic rings. The van der Waals surface area contributed by atoms with Gasteiger partial charge in [0.1, 0.15) is 5.82 Å². The highest BCUT2D eigenvalue weighted by atomic mass is 32.1. The highest BCUT2D eigenvalue weighted by Crippen LogP contribution is 2.26. The van der Waals surface area contributed by atoms with E-state index in [0.717, 1.165) is 10.4 Å². The fourth-order valence-electron chi connectivity index (χ4n) is 2.07. The Balaban J connectivity index is 2.08. The zero-order valence-corrected chi connectivity index (χ0v) is 14.7. The summed E-state index contributed by atoms with van der Waals surface area (Å²) in [5.74, 6) is -0.810. The number of amides is 2. The molecule has 0 bridgehead atoms. The van der Waals surface area contributed by atoms with E-state index in [0.29, 0.717) is 0 Å². The molecule has 2 aromatic rings. The van der Waals surface area contributed by atoms with Crippen molar-refractivity contribution in [1.82, 2.24) is 10.6 Å². The summed E-state index contributed by atoms with van der Waals surface area (Å²) in [6.45, 7) is 5.26. The standard InChI is InChI=1S/C18H21FN2O2S/c1-18(2,3)17(23)20-11-15(22)21-16(14-5-4-10-24-14)12-6-8-13(19)9-7-12/h4-10,16H,11H2,1-3H3,(H,20,23)(H,21,22)/t16-/m0/s1. The molecule has 2 N–H and O–H groups in total. The lowest BCUT2D eigenvalue weighted by Gasteiger charge is -2.20. The molecule has 4 nitrogen and oxygen atoms in total. The number of rotatable bonds is 5. The van der Waals surface area contributed by atoms with Gasteiger partial charge in [-0.1, -0.05) is 39.0 Å². The minimum atomic E-state index is -0.551. The van der Waals surface area contributed by atoms with Crippen molar-refractivity contribution < 1.29 is 14.0 Å². The lowest BCUT2D eigenvalue weighted by Crippen LogP contribution is -2.42. The van der Waals surface area contributed by atoms with E-state index in [2.05, 4.69) is 10.6 Å². The van der Waals surface area contributed by atoms with E-state index in [1.54, 1.807) is 32.9 Å². The van der Waals surface area contributed by atoms with Crippen molar-refractivity contribution in [2.75, 3.05) is 6.54 Å². The molecular formula is C18H21FN2O2S. The summed E-state index contributed by atoms with van der Waals surface area (Å²) in [5, 5.41) is 7.44. The Kier molecular flexibility index (Phi) is 5.72. The molecule has 0 saturated heterocycles. The Labute approximate surface area is 145 Å². The van der Waals surface area contributed by atoms with Gasteiger partial charge < -0.3 is 10.6 Å². The Morgan fingerprint density at radius 2 is 1.83 bits per heavy atom. The van der Waals surface area contributed by atoms with Crippen molar-refractivity contribution in [2.24, 2.45) is 5.41 Å². The number of carbonyl (C=O) groups is 2. The number of carbonyl (C=O) groups excluding carboxylic acids is 2. The lowest BCUT2D eigenvalue weighted by molar-refractivity contribution is -0.131. The van der Waals surface area contributed by atoms with Crippen LogP contribution in [0.4, 0.5) is 4.39 Å². The third-order valence-electron chi connectivity index (χ3n) is 3.43. The smallest absolute Gasteiger partial charge is 0.240 e. The monoisotopic (exact) mass is 348 g/mol. The summed E-state index contributed by atoms with van der Waals surface area (Å²) in [5.41, 5.74) is 0.235. The summed E-state index contributed by atoms with van der Waals surface area (Å²) in [6.07, 6.45) is 0. The van der Waals surface area contributed by atoms with Gasteiger partial charge in [0.05, 0.1) is 12.6 Å². The molecule has 24 heavy (non-hydrogen) atoms. The molecule has 0 saturated carbocycles. The van der Waals surface area contributed by atoms with E-state index in [-0.39, 0.29) is 30.2 Å². The van der Waals surface area contributed by atoms with Crippen LogP contribution >= 0.6 is 11.3 Å². The van der Waals surface area contributed by atoms with Gasteiger partial charge in [-0.2, -0.15) is 0 Å². The van der Waals surface area contributed by atoms with Crippen molar-refractivity contribution in [3.05, 3.63) is 58.0 Å². The van der Waals surface area contributed by atoms with Crippen LogP contribution in [0.1, 0.15) is 37.3 Å². The molecule has 0 fully saturated rings. The van der Waals surface area contributed by atoms with Crippen LogP contribution in [0.5, 0.6) is 0 Å². The normalized spacial score (nSPS) is 12.5. The van der Waals surface area contributed by atoms with Crippen LogP contribution < -0.4 is 10.6 Å². The Morgan fingerprint density at radius 3 is 2.38 bits per heavy atom. The maximum atomic E-state index is 13.1. The Hall–Kier alpha value is -2.21. The van der Waals surface area contributed by atoms with Crippen LogP contribution in [-0.2, 0) is 9.59 Å². The maximum Gasteiger partial charge on any atom is 0.240 e. The SMILES string of the molecule is CC(C)(C)C(=O)NCC(=O)N[C@@H](c1ccc(F)cc1)c1cccs1. The first-order chi connectivity index (χ1) is 11.3. The van der Waals surface area contributed by atoms with Crippen LogP contribution in [0.2, 0.25) is 0 Å². The van der Waals surface area contributed by atoms with Crippen molar-refractivity contribution in [2.45, 2.75) is 26.8 Å². The third kappa shape index (κ3) is 4.89.